The van der Waals surface area contributed by atoms with Gasteiger partial charge in [0.05, 0.1) is 6.07 Å². The maximum atomic E-state index is 12.3. The van der Waals surface area contributed by atoms with E-state index in [1.54, 1.807) is 0 Å². The predicted octanol–water partition coefficient (Wildman–Crippen LogP) is 2.47. The second-order valence-corrected chi connectivity index (χ2v) is 5.11. The first-order valence-corrected chi connectivity index (χ1v) is 6.49. The van der Waals surface area contributed by atoms with Gasteiger partial charge < -0.3 is 4.90 Å². The summed E-state index contributed by atoms with van der Waals surface area (Å²) in [5.41, 5.74) is -0.640. The Morgan fingerprint density at radius 1 is 1.00 bits per heavy atom. The summed E-state index contributed by atoms with van der Waals surface area (Å²) in [4.78, 5) is 14.2. The van der Waals surface area contributed by atoms with Crippen molar-refractivity contribution in [3.63, 3.8) is 0 Å². The maximum Gasteiger partial charge on any atom is 0.243 e. The molecule has 0 N–H and O–H groups in total. The lowest BCUT2D eigenvalue weighted by Crippen LogP contribution is -2.48. The topological polar surface area (TPSA) is 44.1 Å². The molecule has 0 unspecified atom stereocenters. The predicted molar refractivity (Wildman–Crippen MR) is 61.6 cm³/mol. The average molecular weight is 220 g/mol. The highest BCUT2D eigenvalue weighted by Gasteiger charge is 2.46. The first-order valence-electron chi connectivity index (χ1n) is 6.49. The fraction of sp³-hybridized carbons (Fsp3) is 0.846. The smallest absolute Gasteiger partial charge is 0.243 e. The lowest BCUT2D eigenvalue weighted by molar-refractivity contribution is -0.143. The van der Waals surface area contributed by atoms with Crippen molar-refractivity contribution in [1.82, 2.24) is 4.90 Å². The molecule has 0 aromatic carbocycles. The Balaban J connectivity index is 1.99. The van der Waals surface area contributed by atoms with Crippen molar-refractivity contribution in [3.05, 3.63) is 0 Å². The van der Waals surface area contributed by atoms with Crippen LogP contribution in [0.3, 0.4) is 0 Å². The van der Waals surface area contributed by atoms with Gasteiger partial charge in [-0.3, -0.25) is 4.79 Å². The van der Waals surface area contributed by atoms with Crippen LogP contribution in [-0.2, 0) is 4.79 Å². The van der Waals surface area contributed by atoms with Crippen molar-refractivity contribution in [2.75, 3.05) is 13.1 Å². The molecule has 0 radical (unpaired) electrons. The van der Waals surface area contributed by atoms with E-state index >= 15 is 0 Å². The Kier molecular flexibility index (Phi) is 3.48. The van der Waals surface area contributed by atoms with Gasteiger partial charge in [-0.1, -0.05) is 19.3 Å². The van der Waals surface area contributed by atoms with Gasteiger partial charge in [-0.05, 0) is 32.1 Å². The van der Waals surface area contributed by atoms with E-state index in [1.807, 2.05) is 4.90 Å². The minimum atomic E-state index is -0.640. The van der Waals surface area contributed by atoms with Crippen LogP contribution in [-0.4, -0.2) is 23.9 Å². The van der Waals surface area contributed by atoms with E-state index in [0.29, 0.717) is 0 Å². The maximum absolute atomic E-state index is 12.3. The van der Waals surface area contributed by atoms with Gasteiger partial charge in [-0.15, -0.1) is 0 Å². The van der Waals surface area contributed by atoms with E-state index in [4.69, 9.17) is 5.26 Å². The Bertz CT molecular complexity index is 294. The van der Waals surface area contributed by atoms with Crippen molar-refractivity contribution in [2.24, 2.45) is 5.41 Å². The Morgan fingerprint density at radius 3 is 2.00 bits per heavy atom. The molecule has 1 saturated carbocycles. The number of likely N-dealkylation sites (tertiary alicyclic amines) is 1. The molecule has 1 aliphatic heterocycles. The molecule has 1 heterocycles. The van der Waals surface area contributed by atoms with E-state index < -0.39 is 5.41 Å². The summed E-state index contributed by atoms with van der Waals surface area (Å²) in [5, 5.41) is 9.17. The summed E-state index contributed by atoms with van der Waals surface area (Å²) in [6.45, 7) is 1.73. The fourth-order valence-corrected chi connectivity index (χ4v) is 2.66. The number of amides is 1. The molecule has 1 saturated heterocycles. The Labute approximate surface area is 97.4 Å². The summed E-state index contributed by atoms with van der Waals surface area (Å²) >= 11 is 0. The molecule has 0 atom stereocenters. The van der Waals surface area contributed by atoms with Crippen LogP contribution in [0, 0.1) is 16.7 Å². The number of rotatable bonds is 1. The fourth-order valence-electron chi connectivity index (χ4n) is 2.66. The molecule has 0 aromatic rings. The molecule has 0 spiro atoms. The van der Waals surface area contributed by atoms with Gasteiger partial charge in [-0.2, -0.15) is 5.26 Å². The van der Waals surface area contributed by atoms with Crippen molar-refractivity contribution < 1.29 is 4.79 Å². The number of hydrogen-bond donors (Lipinski definition) is 0. The van der Waals surface area contributed by atoms with Crippen LogP contribution in [0.2, 0.25) is 0 Å². The molecule has 2 fully saturated rings. The van der Waals surface area contributed by atoms with E-state index in [-0.39, 0.29) is 5.91 Å². The number of carbonyl (C=O) groups is 1. The van der Waals surface area contributed by atoms with Crippen LogP contribution in [0.1, 0.15) is 51.4 Å². The monoisotopic (exact) mass is 220 g/mol. The minimum Gasteiger partial charge on any atom is -0.341 e. The molecule has 0 aromatic heterocycles. The quantitative estimate of drug-likeness (QED) is 0.681. The van der Waals surface area contributed by atoms with E-state index in [0.717, 1.165) is 45.2 Å². The van der Waals surface area contributed by atoms with Crippen LogP contribution < -0.4 is 0 Å². The minimum absolute atomic E-state index is 0.114. The van der Waals surface area contributed by atoms with E-state index in [1.165, 1.54) is 19.3 Å². The largest absolute Gasteiger partial charge is 0.341 e. The van der Waals surface area contributed by atoms with Gasteiger partial charge in [0.15, 0.2) is 0 Å². The summed E-state index contributed by atoms with van der Waals surface area (Å²) in [6.07, 6.45) is 8.55. The molecule has 16 heavy (non-hydrogen) atoms. The Morgan fingerprint density at radius 2 is 1.56 bits per heavy atom. The third-order valence-corrected chi connectivity index (χ3v) is 3.97. The second-order valence-electron chi connectivity index (χ2n) is 5.11. The van der Waals surface area contributed by atoms with Crippen molar-refractivity contribution in [2.45, 2.75) is 51.4 Å². The summed E-state index contributed by atoms with van der Waals surface area (Å²) < 4.78 is 0. The van der Waals surface area contributed by atoms with Crippen molar-refractivity contribution >= 4 is 5.91 Å². The van der Waals surface area contributed by atoms with Crippen LogP contribution in [0.15, 0.2) is 0 Å². The molecule has 1 amide bonds. The zero-order chi connectivity index (χ0) is 11.4. The molecular weight excluding hydrogens is 200 g/mol. The molecule has 2 aliphatic rings. The van der Waals surface area contributed by atoms with Gasteiger partial charge in [0.2, 0.25) is 5.91 Å². The van der Waals surface area contributed by atoms with E-state index in [9.17, 15) is 4.79 Å². The van der Waals surface area contributed by atoms with Gasteiger partial charge >= 0.3 is 0 Å². The first kappa shape index (κ1) is 11.4. The van der Waals surface area contributed by atoms with Crippen molar-refractivity contribution in [3.8, 4) is 6.07 Å². The average Bonchev–Trinajstić information content (AvgIpc) is 2.15. The number of hydrogen-bond acceptors (Lipinski definition) is 2. The van der Waals surface area contributed by atoms with Crippen LogP contribution in [0.4, 0.5) is 0 Å². The first-order chi connectivity index (χ1) is 7.78. The SMILES string of the molecule is N#CC1(C(=O)N2CCCCCCC2)CCC1. The van der Waals surface area contributed by atoms with Crippen LogP contribution in [0.5, 0.6) is 0 Å². The third-order valence-electron chi connectivity index (χ3n) is 3.97. The number of nitrogens with zero attached hydrogens (tertiary/aromatic N) is 2. The normalized spacial score (nSPS) is 24.8. The van der Waals surface area contributed by atoms with Gasteiger partial charge in [0.1, 0.15) is 5.41 Å². The van der Waals surface area contributed by atoms with Gasteiger partial charge in [0, 0.05) is 13.1 Å². The molecule has 2 rings (SSSR count). The summed E-state index contributed by atoms with van der Waals surface area (Å²) in [7, 11) is 0. The highest BCUT2D eigenvalue weighted by Crippen LogP contribution is 2.42. The molecule has 3 heteroatoms. The lowest BCUT2D eigenvalue weighted by atomic mass is 9.69. The van der Waals surface area contributed by atoms with E-state index in [2.05, 4.69) is 6.07 Å². The van der Waals surface area contributed by atoms with Crippen LogP contribution >= 0.6 is 0 Å². The second kappa shape index (κ2) is 4.86. The Hall–Kier alpha value is -1.04. The summed E-state index contributed by atoms with van der Waals surface area (Å²) in [6, 6.07) is 2.26. The van der Waals surface area contributed by atoms with Gasteiger partial charge in [0.25, 0.3) is 0 Å². The number of nitriles is 1. The third kappa shape index (κ3) is 2.07. The highest BCUT2D eigenvalue weighted by atomic mass is 16.2. The standard InChI is InChI=1S/C13H20N2O/c14-11-13(7-6-8-13)12(16)15-9-4-2-1-3-5-10-15/h1-10H2. The highest BCUT2D eigenvalue weighted by molar-refractivity contribution is 5.86. The summed E-state index contributed by atoms with van der Waals surface area (Å²) in [5.74, 6) is 0.114. The molecule has 0 bridgehead atoms. The van der Waals surface area contributed by atoms with Gasteiger partial charge in [-0.25, -0.2) is 0 Å². The van der Waals surface area contributed by atoms with Crippen LogP contribution in [0.25, 0.3) is 0 Å². The number of carbonyl (C=O) groups excluding carboxylic acids is 1. The zero-order valence-corrected chi connectivity index (χ0v) is 9.87. The van der Waals surface area contributed by atoms with Crippen molar-refractivity contribution in [1.29, 1.82) is 5.26 Å². The zero-order valence-electron chi connectivity index (χ0n) is 9.87. The molecule has 88 valence electrons. The molecular formula is C13H20N2O. The molecule has 1 aliphatic carbocycles. The molecule has 3 nitrogen and oxygen atoms in total. The lowest BCUT2D eigenvalue weighted by Gasteiger charge is -2.38.